The van der Waals surface area contributed by atoms with Gasteiger partial charge in [-0.2, -0.15) is 0 Å². The van der Waals surface area contributed by atoms with E-state index in [-0.39, 0.29) is 17.7 Å². The zero-order valence-electron chi connectivity index (χ0n) is 14.7. The van der Waals surface area contributed by atoms with Gasteiger partial charge in [0.1, 0.15) is 17.4 Å². The fourth-order valence-corrected chi connectivity index (χ4v) is 3.39. The average molecular weight is 356 g/mol. The van der Waals surface area contributed by atoms with Crippen molar-refractivity contribution in [2.45, 2.75) is 39.3 Å². The van der Waals surface area contributed by atoms with Crippen molar-refractivity contribution in [1.82, 2.24) is 19.7 Å². The molecule has 0 saturated carbocycles. The predicted molar refractivity (Wildman–Crippen MR) is 91.8 cm³/mol. The van der Waals surface area contributed by atoms with Crippen LogP contribution in [-0.2, 0) is 0 Å². The number of fused-ring (bicyclic) bond motifs is 1. The predicted octanol–water partition coefficient (Wildman–Crippen LogP) is 4.32. The molecule has 2 unspecified atom stereocenters. The molecule has 0 aliphatic carbocycles. The molecular formula is C19H18F2N4O. The molecule has 3 heterocycles. The van der Waals surface area contributed by atoms with Gasteiger partial charge in [0.05, 0.1) is 11.3 Å². The van der Waals surface area contributed by atoms with Crippen LogP contribution in [0.25, 0.3) is 11.4 Å². The van der Waals surface area contributed by atoms with E-state index >= 15 is 0 Å². The fourth-order valence-electron chi connectivity index (χ4n) is 3.39. The number of aryl methyl sites for hydroxylation is 2. The number of pyridine rings is 1. The number of benzene rings is 1. The summed E-state index contributed by atoms with van der Waals surface area (Å²) in [5.41, 5.74) is 1.96. The highest BCUT2D eigenvalue weighted by molar-refractivity contribution is 5.57. The van der Waals surface area contributed by atoms with Crippen molar-refractivity contribution in [3.8, 4) is 17.1 Å². The molecule has 0 radical (unpaired) electrons. The molecule has 0 amide bonds. The molecule has 7 heteroatoms. The van der Waals surface area contributed by atoms with Crippen LogP contribution >= 0.6 is 0 Å². The quantitative estimate of drug-likeness (QED) is 0.701. The van der Waals surface area contributed by atoms with Crippen LogP contribution in [0.1, 0.15) is 42.7 Å². The van der Waals surface area contributed by atoms with E-state index < -0.39 is 11.6 Å². The minimum atomic E-state index is -0.657. The lowest BCUT2D eigenvalue weighted by atomic mass is 10.1. The number of ether oxygens (including phenoxy) is 1. The summed E-state index contributed by atoms with van der Waals surface area (Å²) in [5, 5.41) is 8.35. The summed E-state index contributed by atoms with van der Waals surface area (Å²) in [6.45, 7) is 5.82. The van der Waals surface area contributed by atoms with Gasteiger partial charge in [-0.05, 0) is 45.0 Å². The molecule has 134 valence electrons. The molecule has 1 aliphatic rings. The van der Waals surface area contributed by atoms with Crippen LogP contribution < -0.4 is 4.74 Å². The van der Waals surface area contributed by atoms with Crippen molar-refractivity contribution in [2.75, 3.05) is 0 Å². The Bertz CT molecular complexity index is 986. The first-order chi connectivity index (χ1) is 12.4. The van der Waals surface area contributed by atoms with Gasteiger partial charge in [-0.15, -0.1) is 10.2 Å². The van der Waals surface area contributed by atoms with Crippen LogP contribution in [0, 0.1) is 25.5 Å². The Hall–Kier alpha value is -2.83. The Morgan fingerprint density at radius 3 is 2.65 bits per heavy atom. The second-order valence-corrected chi connectivity index (χ2v) is 6.60. The first-order valence-corrected chi connectivity index (χ1v) is 8.45. The Balaban J connectivity index is 1.70. The lowest BCUT2D eigenvalue weighted by molar-refractivity contribution is 0.194. The molecule has 0 saturated heterocycles. The van der Waals surface area contributed by atoms with E-state index in [0.717, 1.165) is 17.5 Å². The van der Waals surface area contributed by atoms with Crippen molar-refractivity contribution in [2.24, 2.45) is 0 Å². The summed E-state index contributed by atoms with van der Waals surface area (Å²) in [6, 6.07) is 7.27. The molecule has 4 rings (SSSR count). The van der Waals surface area contributed by atoms with Crippen LogP contribution in [0.2, 0.25) is 0 Å². The number of hydrogen-bond donors (Lipinski definition) is 0. The highest BCUT2D eigenvalue weighted by Gasteiger charge is 2.35. The number of halogens is 2. The molecule has 2 atom stereocenters. The number of aromatic nitrogens is 4. The molecule has 1 aliphatic heterocycles. The topological polar surface area (TPSA) is 52.8 Å². The fraction of sp³-hybridized carbons (Fsp3) is 0.316. The zero-order chi connectivity index (χ0) is 18.4. The number of rotatable bonds is 3. The van der Waals surface area contributed by atoms with Crippen molar-refractivity contribution in [3.05, 3.63) is 59.2 Å². The Morgan fingerprint density at radius 1 is 1.12 bits per heavy atom. The van der Waals surface area contributed by atoms with Crippen LogP contribution in [0.15, 0.2) is 30.3 Å². The number of hydrogen-bond acceptors (Lipinski definition) is 4. The van der Waals surface area contributed by atoms with E-state index in [1.54, 1.807) is 0 Å². The van der Waals surface area contributed by atoms with Gasteiger partial charge < -0.3 is 9.30 Å². The summed E-state index contributed by atoms with van der Waals surface area (Å²) in [5.74, 6) is 0.434. The Kier molecular flexibility index (Phi) is 3.94. The van der Waals surface area contributed by atoms with E-state index in [2.05, 4.69) is 15.2 Å². The van der Waals surface area contributed by atoms with Gasteiger partial charge in [0.25, 0.3) is 0 Å². The summed E-state index contributed by atoms with van der Waals surface area (Å²) < 4.78 is 35.4. The third kappa shape index (κ3) is 2.73. The second kappa shape index (κ2) is 6.16. The summed E-state index contributed by atoms with van der Waals surface area (Å²) in [4.78, 5) is 4.41. The van der Waals surface area contributed by atoms with E-state index in [9.17, 15) is 8.78 Å². The molecule has 5 nitrogen and oxygen atoms in total. The van der Waals surface area contributed by atoms with Gasteiger partial charge in [-0.1, -0.05) is 0 Å². The first kappa shape index (κ1) is 16.6. The third-order valence-electron chi connectivity index (χ3n) is 4.62. The highest BCUT2D eigenvalue weighted by atomic mass is 19.1. The second-order valence-electron chi connectivity index (χ2n) is 6.60. The highest BCUT2D eigenvalue weighted by Crippen LogP contribution is 2.40. The molecule has 0 bridgehead atoms. The maximum Gasteiger partial charge on any atom is 0.174 e. The minimum absolute atomic E-state index is 0.0307. The minimum Gasteiger partial charge on any atom is -0.480 e. The summed E-state index contributed by atoms with van der Waals surface area (Å²) in [7, 11) is 0. The number of nitrogens with zero attached hydrogens (tertiary/aromatic N) is 4. The summed E-state index contributed by atoms with van der Waals surface area (Å²) in [6.07, 6.45) is 0.395. The molecule has 0 spiro atoms. The van der Waals surface area contributed by atoms with Gasteiger partial charge in [0.15, 0.2) is 17.8 Å². The molecule has 3 aromatic rings. The lowest BCUT2D eigenvalue weighted by Crippen LogP contribution is -2.07. The van der Waals surface area contributed by atoms with Crippen molar-refractivity contribution in [1.29, 1.82) is 0 Å². The van der Waals surface area contributed by atoms with E-state index in [1.807, 2.05) is 37.5 Å². The van der Waals surface area contributed by atoms with Crippen LogP contribution in [0.5, 0.6) is 5.75 Å². The van der Waals surface area contributed by atoms with Gasteiger partial charge in [0, 0.05) is 24.2 Å². The first-order valence-electron chi connectivity index (χ1n) is 8.45. The zero-order valence-corrected chi connectivity index (χ0v) is 14.7. The molecule has 2 aromatic heterocycles. The van der Waals surface area contributed by atoms with Gasteiger partial charge in [-0.25, -0.2) is 8.78 Å². The smallest absolute Gasteiger partial charge is 0.174 e. The van der Waals surface area contributed by atoms with Crippen molar-refractivity contribution < 1.29 is 13.5 Å². The Morgan fingerprint density at radius 2 is 1.92 bits per heavy atom. The lowest BCUT2D eigenvalue weighted by Gasteiger charge is -2.14. The van der Waals surface area contributed by atoms with Crippen LogP contribution in [0.4, 0.5) is 8.78 Å². The van der Waals surface area contributed by atoms with Crippen molar-refractivity contribution in [3.63, 3.8) is 0 Å². The Labute approximate surface area is 149 Å². The van der Waals surface area contributed by atoms with Crippen molar-refractivity contribution >= 4 is 0 Å². The SMILES string of the molecule is Cc1ccc(OC2CC(C)n3c(-c4ccc(F)cc4F)nnc32)c(C)n1. The molecule has 0 fully saturated rings. The monoisotopic (exact) mass is 356 g/mol. The molecular weight excluding hydrogens is 338 g/mol. The maximum atomic E-state index is 14.2. The normalized spacial score (nSPS) is 18.8. The largest absolute Gasteiger partial charge is 0.480 e. The maximum absolute atomic E-state index is 14.2. The standard InChI is InChI=1S/C19H18F2N4O/c1-10-4-7-16(12(3)22-10)26-17-8-11(2)25-18(23-24-19(17)25)14-6-5-13(20)9-15(14)21/h4-7,9,11,17H,8H2,1-3H3. The van der Waals surface area contributed by atoms with E-state index in [0.29, 0.717) is 23.8 Å². The molecule has 26 heavy (non-hydrogen) atoms. The van der Waals surface area contributed by atoms with Gasteiger partial charge in [-0.3, -0.25) is 4.98 Å². The summed E-state index contributed by atoms with van der Waals surface area (Å²) >= 11 is 0. The van der Waals surface area contributed by atoms with Gasteiger partial charge in [0.2, 0.25) is 0 Å². The van der Waals surface area contributed by atoms with E-state index in [4.69, 9.17) is 4.74 Å². The molecule has 0 N–H and O–H groups in total. The molecule has 1 aromatic carbocycles. The van der Waals surface area contributed by atoms with E-state index in [1.165, 1.54) is 12.1 Å². The van der Waals surface area contributed by atoms with Crippen LogP contribution in [-0.4, -0.2) is 19.7 Å². The third-order valence-corrected chi connectivity index (χ3v) is 4.62. The van der Waals surface area contributed by atoms with Crippen LogP contribution in [0.3, 0.4) is 0 Å². The van der Waals surface area contributed by atoms with Gasteiger partial charge >= 0.3 is 0 Å². The average Bonchev–Trinajstić information content (AvgIpc) is 3.13.